The van der Waals surface area contributed by atoms with Gasteiger partial charge in [-0.05, 0) is 18.4 Å². The summed E-state index contributed by atoms with van der Waals surface area (Å²) in [6, 6.07) is 10.2. The van der Waals surface area contributed by atoms with Crippen molar-refractivity contribution >= 4 is 17.2 Å². The van der Waals surface area contributed by atoms with Gasteiger partial charge in [-0.1, -0.05) is 51.1 Å². The number of benzene rings is 1. The Morgan fingerprint density at radius 3 is 2.48 bits per heavy atom. The van der Waals surface area contributed by atoms with Crippen molar-refractivity contribution < 1.29 is 4.79 Å². The maximum absolute atomic E-state index is 12.3. The SMILES string of the molecule is Cc1nc(C(C)C)sc1C(=O)NC[C@@H](C)c1ccccc1. The van der Waals surface area contributed by atoms with Crippen LogP contribution in [0.5, 0.6) is 0 Å². The fourth-order valence-electron chi connectivity index (χ4n) is 2.10. The molecule has 0 unspecified atom stereocenters. The predicted molar refractivity (Wildman–Crippen MR) is 88.1 cm³/mol. The van der Waals surface area contributed by atoms with Crippen molar-refractivity contribution in [2.75, 3.05) is 6.54 Å². The summed E-state index contributed by atoms with van der Waals surface area (Å²) in [4.78, 5) is 17.5. The number of carbonyl (C=O) groups excluding carboxylic acids is 1. The van der Waals surface area contributed by atoms with Crippen LogP contribution >= 0.6 is 11.3 Å². The molecule has 4 heteroatoms. The number of nitrogens with one attached hydrogen (secondary N) is 1. The number of aryl methyl sites for hydroxylation is 1. The van der Waals surface area contributed by atoms with E-state index in [2.05, 4.69) is 43.2 Å². The molecule has 3 nitrogen and oxygen atoms in total. The van der Waals surface area contributed by atoms with E-state index in [1.165, 1.54) is 16.9 Å². The third-order valence-corrected chi connectivity index (χ3v) is 4.91. The van der Waals surface area contributed by atoms with E-state index in [1.807, 2.05) is 25.1 Å². The first kappa shape index (κ1) is 15.7. The van der Waals surface area contributed by atoms with Crippen LogP contribution in [-0.4, -0.2) is 17.4 Å². The first-order chi connectivity index (χ1) is 9.99. The number of nitrogens with zero attached hydrogens (tertiary/aromatic N) is 1. The maximum Gasteiger partial charge on any atom is 0.263 e. The van der Waals surface area contributed by atoms with Crippen LogP contribution < -0.4 is 5.32 Å². The number of amides is 1. The molecule has 0 saturated heterocycles. The highest BCUT2D eigenvalue weighted by Gasteiger charge is 2.17. The van der Waals surface area contributed by atoms with Gasteiger partial charge in [0.05, 0.1) is 10.7 Å². The molecule has 0 fully saturated rings. The zero-order valence-electron chi connectivity index (χ0n) is 13.0. The molecule has 1 N–H and O–H groups in total. The molecular formula is C17H22N2OS. The second-order valence-electron chi connectivity index (χ2n) is 5.64. The van der Waals surface area contributed by atoms with Crippen molar-refractivity contribution in [3.05, 3.63) is 51.5 Å². The second-order valence-corrected chi connectivity index (χ2v) is 6.67. The molecule has 0 aliphatic rings. The van der Waals surface area contributed by atoms with E-state index in [1.54, 1.807) is 0 Å². The molecule has 112 valence electrons. The van der Waals surface area contributed by atoms with Crippen LogP contribution in [0, 0.1) is 6.92 Å². The standard InChI is InChI=1S/C17H22N2OS/c1-11(2)17-19-13(4)15(21-17)16(20)18-10-12(3)14-8-6-5-7-9-14/h5-9,11-12H,10H2,1-4H3,(H,18,20)/t12-/m1/s1. The number of aromatic nitrogens is 1. The maximum atomic E-state index is 12.3. The average Bonchev–Trinajstić information content (AvgIpc) is 2.87. The van der Waals surface area contributed by atoms with E-state index in [-0.39, 0.29) is 5.91 Å². The molecule has 0 aliphatic heterocycles. The van der Waals surface area contributed by atoms with Crippen LogP contribution in [0.15, 0.2) is 30.3 Å². The van der Waals surface area contributed by atoms with Gasteiger partial charge in [0, 0.05) is 12.5 Å². The molecule has 0 aliphatic carbocycles. The Balaban J connectivity index is 1.99. The fourth-order valence-corrected chi connectivity index (χ4v) is 3.09. The normalized spacial score (nSPS) is 12.4. The van der Waals surface area contributed by atoms with Crippen LogP contribution in [-0.2, 0) is 0 Å². The largest absolute Gasteiger partial charge is 0.351 e. The quantitative estimate of drug-likeness (QED) is 0.903. The van der Waals surface area contributed by atoms with E-state index < -0.39 is 0 Å². The summed E-state index contributed by atoms with van der Waals surface area (Å²) in [5, 5.41) is 4.04. The Kier molecular flexibility index (Phi) is 5.12. The van der Waals surface area contributed by atoms with E-state index in [0.717, 1.165) is 15.6 Å². The van der Waals surface area contributed by atoms with Crippen molar-refractivity contribution in [1.82, 2.24) is 10.3 Å². The van der Waals surface area contributed by atoms with Crippen molar-refractivity contribution in [3.63, 3.8) is 0 Å². The topological polar surface area (TPSA) is 42.0 Å². The van der Waals surface area contributed by atoms with Gasteiger partial charge in [-0.2, -0.15) is 0 Å². The third-order valence-electron chi connectivity index (χ3n) is 3.45. The Bertz CT molecular complexity index is 605. The van der Waals surface area contributed by atoms with Crippen LogP contribution in [0.25, 0.3) is 0 Å². The summed E-state index contributed by atoms with van der Waals surface area (Å²) in [6.07, 6.45) is 0. The Morgan fingerprint density at radius 1 is 1.24 bits per heavy atom. The van der Waals surface area contributed by atoms with Crippen LogP contribution in [0.2, 0.25) is 0 Å². The molecule has 0 bridgehead atoms. The van der Waals surface area contributed by atoms with Gasteiger partial charge in [0.25, 0.3) is 5.91 Å². The first-order valence-electron chi connectivity index (χ1n) is 7.29. The molecule has 2 aromatic rings. The smallest absolute Gasteiger partial charge is 0.263 e. The summed E-state index contributed by atoms with van der Waals surface area (Å²) < 4.78 is 0. The van der Waals surface area contributed by atoms with E-state index in [0.29, 0.717) is 18.4 Å². The minimum atomic E-state index is -0.0142. The monoisotopic (exact) mass is 302 g/mol. The van der Waals surface area contributed by atoms with Crippen LogP contribution in [0.4, 0.5) is 0 Å². The van der Waals surface area contributed by atoms with Gasteiger partial charge in [-0.15, -0.1) is 11.3 Å². The van der Waals surface area contributed by atoms with Crippen molar-refractivity contribution in [3.8, 4) is 0 Å². The van der Waals surface area contributed by atoms with Gasteiger partial charge >= 0.3 is 0 Å². The average molecular weight is 302 g/mol. The molecule has 1 atom stereocenters. The second kappa shape index (κ2) is 6.85. The van der Waals surface area contributed by atoms with Gasteiger partial charge < -0.3 is 5.32 Å². The van der Waals surface area contributed by atoms with Gasteiger partial charge in [-0.25, -0.2) is 4.98 Å². The molecule has 1 amide bonds. The molecule has 1 aromatic heterocycles. The highest BCUT2D eigenvalue weighted by atomic mass is 32.1. The molecule has 21 heavy (non-hydrogen) atoms. The number of rotatable bonds is 5. The number of hydrogen-bond donors (Lipinski definition) is 1. The first-order valence-corrected chi connectivity index (χ1v) is 8.11. The van der Waals surface area contributed by atoms with Gasteiger partial charge in [0.1, 0.15) is 4.88 Å². The lowest BCUT2D eigenvalue weighted by molar-refractivity contribution is 0.0955. The summed E-state index contributed by atoms with van der Waals surface area (Å²) >= 11 is 1.50. The number of hydrogen-bond acceptors (Lipinski definition) is 3. The zero-order chi connectivity index (χ0) is 15.4. The number of thiazole rings is 1. The predicted octanol–water partition coefficient (Wildman–Crippen LogP) is 4.11. The minimum Gasteiger partial charge on any atom is -0.351 e. The van der Waals surface area contributed by atoms with E-state index >= 15 is 0 Å². The zero-order valence-corrected chi connectivity index (χ0v) is 13.8. The van der Waals surface area contributed by atoms with Crippen LogP contribution in [0.3, 0.4) is 0 Å². The summed E-state index contributed by atoms with van der Waals surface area (Å²) in [5.41, 5.74) is 2.07. The van der Waals surface area contributed by atoms with Crippen molar-refractivity contribution in [1.29, 1.82) is 0 Å². The van der Waals surface area contributed by atoms with Crippen LogP contribution in [0.1, 0.15) is 58.5 Å². The molecule has 1 heterocycles. The molecule has 0 spiro atoms. The van der Waals surface area contributed by atoms with Crippen molar-refractivity contribution in [2.24, 2.45) is 0 Å². The number of carbonyl (C=O) groups is 1. The Morgan fingerprint density at radius 2 is 1.90 bits per heavy atom. The summed E-state index contributed by atoms with van der Waals surface area (Å²) in [5.74, 6) is 0.645. The van der Waals surface area contributed by atoms with E-state index in [4.69, 9.17) is 0 Å². The lowest BCUT2D eigenvalue weighted by Gasteiger charge is -2.12. The molecular weight excluding hydrogens is 280 g/mol. The molecule has 2 rings (SSSR count). The highest BCUT2D eigenvalue weighted by molar-refractivity contribution is 7.13. The van der Waals surface area contributed by atoms with Gasteiger partial charge in [0.15, 0.2) is 0 Å². The molecule has 0 saturated carbocycles. The lowest BCUT2D eigenvalue weighted by Crippen LogP contribution is -2.27. The van der Waals surface area contributed by atoms with Gasteiger partial charge in [-0.3, -0.25) is 4.79 Å². The minimum absolute atomic E-state index is 0.0142. The van der Waals surface area contributed by atoms with E-state index in [9.17, 15) is 4.79 Å². The molecule has 0 radical (unpaired) electrons. The van der Waals surface area contributed by atoms with Crippen molar-refractivity contribution in [2.45, 2.75) is 39.5 Å². The third kappa shape index (κ3) is 3.91. The summed E-state index contributed by atoms with van der Waals surface area (Å²) in [6.45, 7) is 8.85. The molecule has 1 aromatic carbocycles. The van der Waals surface area contributed by atoms with Gasteiger partial charge in [0.2, 0.25) is 0 Å². The Hall–Kier alpha value is -1.68. The fraction of sp³-hybridized carbons (Fsp3) is 0.412. The lowest BCUT2D eigenvalue weighted by atomic mass is 10.0. The highest BCUT2D eigenvalue weighted by Crippen LogP contribution is 2.24. The Labute approximate surface area is 130 Å². The summed E-state index contributed by atoms with van der Waals surface area (Å²) in [7, 11) is 0.